The third kappa shape index (κ3) is 6.30. The highest BCUT2D eigenvalue weighted by Crippen LogP contribution is 2.35. The van der Waals surface area contributed by atoms with Crippen LogP contribution in [0.5, 0.6) is 0 Å². The summed E-state index contributed by atoms with van der Waals surface area (Å²) in [4.78, 5) is 41.5. The number of carbonyl (C=O) groups excluding carboxylic acids is 3. The second kappa shape index (κ2) is 12.5. The van der Waals surface area contributed by atoms with E-state index in [9.17, 15) is 27.6 Å². The molecule has 40 heavy (non-hydrogen) atoms. The molecule has 0 radical (unpaired) electrons. The van der Waals surface area contributed by atoms with E-state index in [2.05, 4.69) is 39.0 Å². The van der Waals surface area contributed by atoms with Gasteiger partial charge in [-0.3, -0.25) is 4.79 Å². The van der Waals surface area contributed by atoms with Gasteiger partial charge in [0.05, 0.1) is 6.04 Å². The Kier molecular flexibility index (Phi) is 9.14. The maximum absolute atomic E-state index is 14.1. The highest BCUT2D eigenvalue weighted by atomic mass is 19.2. The SMILES string of the molecule is CNc1cccc(C2CCN(CCCNC(=O)N3C(=O)NC(C)=C(C(C)=O)C3c3cc(F)c(F)c(F)c3)CC2)c1. The fourth-order valence-corrected chi connectivity index (χ4v) is 5.48. The van der Waals surface area contributed by atoms with E-state index >= 15 is 0 Å². The second-order valence-electron chi connectivity index (χ2n) is 10.2. The number of carbonyl (C=O) groups is 3. The maximum Gasteiger partial charge on any atom is 0.330 e. The van der Waals surface area contributed by atoms with Gasteiger partial charge in [0.2, 0.25) is 0 Å². The minimum Gasteiger partial charge on any atom is -0.388 e. The summed E-state index contributed by atoms with van der Waals surface area (Å²) >= 11 is 0. The lowest BCUT2D eigenvalue weighted by molar-refractivity contribution is -0.114. The quantitative estimate of drug-likeness (QED) is 0.312. The Morgan fingerprint density at radius 3 is 2.35 bits per heavy atom. The van der Waals surface area contributed by atoms with Gasteiger partial charge in [0, 0.05) is 30.5 Å². The smallest absolute Gasteiger partial charge is 0.330 e. The number of rotatable bonds is 8. The lowest BCUT2D eigenvalue weighted by atomic mass is 9.89. The number of imide groups is 1. The Hall–Kier alpha value is -3.86. The molecule has 1 saturated heterocycles. The number of urea groups is 2. The monoisotopic (exact) mass is 557 g/mol. The Morgan fingerprint density at radius 1 is 1.05 bits per heavy atom. The molecule has 0 spiro atoms. The lowest BCUT2D eigenvalue weighted by Crippen LogP contribution is -2.54. The van der Waals surface area contributed by atoms with E-state index in [0.29, 0.717) is 29.4 Å². The van der Waals surface area contributed by atoms with Gasteiger partial charge in [-0.05, 0) is 94.1 Å². The van der Waals surface area contributed by atoms with Gasteiger partial charge in [-0.2, -0.15) is 0 Å². The number of Topliss-reactive ketones (excluding diaryl/α,β-unsaturated/α-hetero) is 1. The summed E-state index contributed by atoms with van der Waals surface area (Å²) in [5.74, 6) is -4.67. The molecule has 0 aliphatic carbocycles. The fraction of sp³-hybridized carbons (Fsp3) is 0.414. The Morgan fingerprint density at radius 2 is 1.73 bits per heavy atom. The first-order valence-corrected chi connectivity index (χ1v) is 13.3. The molecule has 1 fully saturated rings. The van der Waals surface area contributed by atoms with Crippen molar-refractivity contribution < 1.29 is 27.6 Å². The molecule has 4 amide bonds. The molecule has 2 aliphatic rings. The molecule has 0 bridgehead atoms. The van der Waals surface area contributed by atoms with Crippen LogP contribution < -0.4 is 16.0 Å². The van der Waals surface area contributed by atoms with Crippen LogP contribution in [-0.4, -0.2) is 60.9 Å². The van der Waals surface area contributed by atoms with E-state index in [4.69, 9.17) is 0 Å². The van der Waals surface area contributed by atoms with Crippen molar-refractivity contribution in [1.82, 2.24) is 20.4 Å². The standard InChI is InChI=1S/C29H34F3N5O3/c1-17-25(18(2)38)27(21-15-23(30)26(32)24(31)16-21)37(29(40)35-17)28(39)34-10-5-11-36-12-8-19(9-13-36)20-6-4-7-22(14-20)33-3/h4,6-7,14-16,19,27,33H,5,8-13H2,1-3H3,(H,34,39)(H,35,40). The summed E-state index contributed by atoms with van der Waals surface area (Å²) in [6.07, 6.45) is 2.67. The van der Waals surface area contributed by atoms with Gasteiger partial charge in [0.1, 0.15) is 0 Å². The minimum absolute atomic E-state index is 0.0247. The molecule has 2 aromatic rings. The first kappa shape index (κ1) is 29.1. The Labute approximate surface area is 231 Å². The van der Waals surface area contributed by atoms with E-state index in [-0.39, 0.29) is 23.4 Å². The lowest BCUT2D eigenvalue weighted by Gasteiger charge is -2.36. The molecular weight excluding hydrogens is 523 g/mol. The molecule has 3 N–H and O–H groups in total. The molecule has 2 heterocycles. The van der Waals surface area contributed by atoms with Gasteiger partial charge in [0.15, 0.2) is 23.2 Å². The van der Waals surface area contributed by atoms with Crippen molar-refractivity contribution in [3.63, 3.8) is 0 Å². The molecule has 1 unspecified atom stereocenters. The predicted octanol–water partition coefficient (Wildman–Crippen LogP) is 5.05. The highest BCUT2D eigenvalue weighted by Gasteiger charge is 2.41. The third-order valence-corrected chi connectivity index (χ3v) is 7.53. The fourth-order valence-electron chi connectivity index (χ4n) is 5.48. The molecule has 2 aliphatic heterocycles. The molecule has 8 nitrogen and oxygen atoms in total. The van der Waals surface area contributed by atoms with E-state index in [0.717, 1.165) is 38.2 Å². The van der Waals surface area contributed by atoms with Crippen molar-refractivity contribution in [3.8, 4) is 0 Å². The van der Waals surface area contributed by atoms with Gasteiger partial charge in [0.25, 0.3) is 0 Å². The molecule has 214 valence electrons. The molecule has 11 heteroatoms. The average molecular weight is 558 g/mol. The number of nitrogens with one attached hydrogen (secondary N) is 3. The summed E-state index contributed by atoms with van der Waals surface area (Å²) in [6.45, 7) is 5.50. The second-order valence-corrected chi connectivity index (χ2v) is 10.2. The molecule has 1 atom stereocenters. The summed E-state index contributed by atoms with van der Waals surface area (Å²) < 4.78 is 41.8. The van der Waals surface area contributed by atoms with Crippen molar-refractivity contribution in [3.05, 3.63) is 76.2 Å². The van der Waals surface area contributed by atoms with Crippen LogP contribution in [0, 0.1) is 17.5 Å². The van der Waals surface area contributed by atoms with Crippen LogP contribution >= 0.6 is 0 Å². The maximum atomic E-state index is 14.1. The number of amides is 4. The summed E-state index contributed by atoms with van der Waals surface area (Å²) in [5.41, 5.74) is 2.31. The third-order valence-electron chi connectivity index (χ3n) is 7.53. The summed E-state index contributed by atoms with van der Waals surface area (Å²) in [5, 5.41) is 8.31. The van der Waals surface area contributed by atoms with Gasteiger partial charge in [-0.1, -0.05) is 12.1 Å². The molecule has 0 aromatic heterocycles. The zero-order valence-corrected chi connectivity index (χ0v) is 22.8. The molecule has 0 saturated carbocycles. The van der Waals surface area contributed by atoms with E-state index in [1.54, 1.807) is 0 Å². The molecule has 2 aromatic carbocycles. The zero-order chi connectivity index (χ0) is 29.0. The van der Waals surface area contributed by atoms with Crippen LogP contribution in [0.15, 0.2) is 47.7 Å². The van der Waals surface area contributed by atoms with Crippen LogP contribution in [0.25, 0.3) is 0 Å². The molecule has 4 rings (SSSR count). The van der Waals surface area contributed by atoms with Crippen LogP contribution in [-0.2, 0) is 4.79 Å². The number of piperidine rings is 1. The first-order valence-electron chi connectivity index (χ1n) is 13.3. The van der Waals surface area contributed by atoms with Gasteiger partial charge < -0.3 is 20.9 Å². The largest absolute Gasteiger partial charge is 0.388 e. The summed E-state index contributed by atoms with van der Waals surface area (Å²) in [6, 6.07) is 6.71. The number of anilines is 1. The van der Waals surface area contributed by atoms with Crippen LogP contribution in [0.2, 0.25) is 0 Å². The first-order chi connectivity index (χ1) is 19.1. The average Bonchev–Trinajstić information content (AvgIpc) is 2.93. The number of benzene rings is 2. The number of nitrogens with zero attached hydrogens (tertiary/aromatic N) is 2. The summed E-state index contributed by atoms with van der Waals surface area (Å²) in [7, 11) is 1.90. The number of ketones is 1. The van der Waals surface area contributed by atoms with Crippen LogP contribution in [0.1, 0.15) is 56.2 Å². The number of likely N-dealkylation sites (tertiary alicyclic amines) is 1. The minimum atomic E-state index is -1.68. The van der Waals surface area contributed by atoms with Gasteiger partial charge >= 0.3 is 12.1 Å². The van der Waals surface area contributed by atoms with Gasteiger partial charge in [-0.15, -0.1) is 0 Å². The Bertz CT molecular complexity index is 1300. The number of halogens is 3. The highest BCUT2D eigenvalue weighted by molar-refractivity contribution is 6.03. The normalized spacial score (nSPS) is 18.5. The number of hydrogen-bond acceptors (Lipinski definition) is 5. The van der Waals surface area contributed by atoms with Crippen molar-refractivity contribution in [2.75, 3.05) is 38.5 Å². The van der Waals surface area contributed by atoms with Crippen LogP contribution in [0.3, 0.4) is 0 Å². The predicted molar refractivity (Wildman–Crippen MR) is 145 cm³/mol. The van der Waals surface area contributed by atoms with E-state index < -0.39 is 41.3 Å². The number of hydrogen-bond donors (Lipinski definition) is 3. The van der Waals surface area contributed by atoms with Crippen molar-refractivity contribution in [2.24, 2.45) is 0 Å². The van der Waals surface area contributed by atoms with E-state index in [1.165, 1.54) is 19.4 Å². The topological polar surface area (TPSA) is 93.8 Å². The van der Waals surface area contributed by atoms with E-state index in [1.807, 2.05) is 13.1 Å². The number of allylic oxidation sites excluding steroid dienone is 1. The molecular formula is C29H34F3N5O3. The van der Waals surface area contributed by atoms with Crippen molar-refractivity contribution in [2.45, 2.75) is 45.1 Å². The Balaban J connectivity index is 1.37. The van der Waals surface area contributed by atoms with Crippen LogP contribution in [0.4, 0.5) is 28.4 Å². The van der Waals surface area contributed by atoms with Crippen molar-refractivity contribution in [1.29, 1.82) is 0 Å². The van der Waals surface area contributed by atoms with Crippen molar-refractivity contribution >= 4 is 23.5 Å². The zero-order valence-electron chi connectivity index (χ0n) is 22.8. The van der Waals surface area contributed by atoms with Gasteiger partial charge in [-0.25, -0.2) is 27.7 Å².